The summed E-state index contributed by atoms with van der Waals surface area (Å²) in [5.41, 5.74) is 5.44. The van der Waals surface area contributed by atoms with Crippen LogP contribution in [0.1, 0.15) is 30.9 Å². The Labute approximate surface area is 110 Å². The first-order valence-corrected chi connectivity index (χ1v) is 6.38. The van der Waals surface area contributed by atoms with Gasteiger partial charge in [0.1, 0.15) is 11.6 Å². The summed E-state index contributed by atoms with van der Waals surface area (Å²) in [6, 6.07) is 1.26. The van der Waals surface area contributed by atoms with E-state index in [1.165, 1.54) is 6.07 Å². The third-order valence-corrected chi connectivity index (χ3v) is 3.97. The number of nitrogens with two attached hydrogens (primary N) is 1. The van der Waals surface area contributed by atoms with Crippen molar-refractivity contribution in [1.82, 2.24) is 0 Å². The van der Waals surface area contributed by atoms with E-state index in [4.69, 9.17) is 5.73 Å². The predicted octanol–water partition coefficient (Wildman–Crippen LogP) is 4.16. The van der Waals surface area contributed by atoms with Gasteiger partial charge in [0.15, 0.2) is 0 Å². The molecule has 18 heavy (non-hydrogen) atoms. The van der Waals surface area contributed by atoms with Crippen LogP contribution >= 0.6 is 15.9 Å². The smallest absolute Gasteiger partial charge is 0.248 e. The van der Waals surface area contributed by atoms with Gasteiger partial charge >= 0.3 is 0 Å². The van der Waals surface area contributed by atoms with E-state index in [9.17, 15) is 17.6 Å². The maximum absolute atomic E-state index is 13.8. The first kappa shape index (κ1) is 13.8. The zero-order chi connectivity index (χ0) is 13.5. The Balaban J connectivity index is 2.30. The largest absolute Gasteiger partial charge is 0.324 e. The minimum Gasteiger partial charge on any atom is -0.324 e. The molecule has 2 unspecified atom stereocenters. The molecule has 1 saturated carbocycles. The summed E-state index contributed by atoms with van der Waals surface area (Å²) in [6.45, 7) is 0. The number of hydrogen-bond donors (Lipinski definition) is 1. The second kappa shape index (κ2) is 4.81. The lowest BCUT2D eigenvalue weighted by atomic mass is 9.91. The maximum Gasteiger partial charge on any atom is 0.248 e. The van der Waals surface area contributed by atoms with Gasteiger partial charge in [-0.2, -0.15) is 0 Å². The molecule has 2 N–H and O–H groups in total. The number of hydrogen-bond acceptors (Lipinski definition) is 1. The van der Waals surface area contributed by atoms with E-state index >= 15 is 0 Å². The van der Waals surface area contributed by atoms with Gasteiger partial charge in [-0.3, -0.25) is 0 Å². The van der Waals surface area contributed by atoms with Gasteiger partial charge in [-0.05, 0) is 40.4 Å². The van der Waals surface area contributed by atoms with Gasteiger partial charge in [0.05, 0.1) is 4.47 Å². The van der Waals surface area contributed by atoms with Gasteiger partial charge in [-0.25, -0.2) is 17.6 Å². The number of alkyl halides is 2. The van der Waals surface area contributed by atoms with Crippen LogP contribution in [0, 0.1) is 17.6 Å². The van der Waals surface area contributed by atoms with Crippen LogP contribution in [0.5, 0.6) is 0 Å². The Morgan fingerprint density at radius 2 is 2.00 bits per heavy atom. The van der Waals surface area contributed by atoms with Crippen LogP contribution in [-0.2, 0) is 0 Å². The van der Waals surface area contributed by atoms with E-state index in [-0.39, 0.29) is 22.9 Å². The fourth-order valence-electron chi connectivity index (χ4n) is 2.37. The molecular formula is C12H12BrF4N. The van der Waals surface area contributed by atoms with E-state index in [1.54, 1.807) is 0 Å². The Morgan fingerprint density at radius 1 is 1.33 bits per heavy atom. The summed E-state index contributed by atoms with van der Waals surface area (Å²) >= 11 is 2.93. The monoisotopic (exact) mass is 325 g/mol. The minimum absolute atomic E-state index is 0.0825. The predicted molar refractivity (Wildman–Crippen MR) is 63.3 cm³/mol. The van der Waals surface area contributed by atoms with Crippen molar-refractivity contribution in [2.45, 2.75) is 31.2 Å². The summed E-state index contributed by atoms with van der Waals surface area (Å²) in [4.78, 5) is 0. The normalized spacial score (nSPS) is 24.2. The van der Waals surface area contributed by atoms with Crippen molar-refractivity contribution in [3.05, 3.63) is 33.8 Å². The molecule has 6 heteroatoms. The van der Waals surface area contributed by atoms with Crippen LogP contribution in [0.25, 0.3) is 0 Å². The fourth-order valence-corrected chi connectivity index (χ4v) is 2.72. The lowest BCUT2D eigenvalue weighted by Crippen LogP contribution is -2.23. The molecule has 1 aliphatic carbocycles. The average molecular weight is 326 g/mol. The van der Waals surface area contributed by atoms with Gasteiger partial charge in [0.25, 0.3) is 0 Å². The third kappa shape index (κ3) is 2.54. The van der Waals surface area contributed by atoms with E-state index in [1.807, 2.05) is 0 Å². The highest BCUT2D eigenvalue weighted by Crippen LogP contribution is 2.44. The van der Waals surface area contributed by atoms with Crippen LogP contribution in [0.4, 0.5) is 17.6 Å². The highest BCUT2D eigenvalue weighted by Gasteiger charge is 2.43. The topological polar surface area (TPSA) is 26.0 Å². The molecule has 0 aliphatic heterocycles. The average Bonchev–Trinajstić information content (AvgIpc) is 2.65. The highest BCUT2D eigenvalue weighted by molar-refractivity contribution is 9.10. The molecule has 0 spiro atoms. The summed E-state index contributed by atoms with van der Waals surface area (Å²) < 4.78 is 53.7. The van der Waals surface area contributed by atoms with Crippen LogP contribution in [-0.4, -0.2) is 5.92 Å². The van der Waals surface area contributed by atoms with Crippen molar-refractivity contribution < 1.29 is 17.6 Å². The standard InChI is InChI=1S/C12H12BrF4N/c13-7-1-2-8(14)9(10(7)15)11(18)6-3-4-12(16,17)5-6/h1-2,6,11H,3-5,18H2. The third-order valence-electron chi connectivity index (χ3n) is 3.36. The zero-order valence-electron chi connectivity index (χ0n) is 9.40. The lowest BCUT2D eigenvalue weighted by Gasteiger charge is -2.21. The Bertz CT molecular complexity index is 464. The molecule has 0 amide bonds. The van der Waals surface area contributed by atoms with Crippen LogP contribution in [0.3, 0.4) is 0 Å². The van der Waals surface area contributed by atoms with Crippen molar-refractivity contribution >= 4 is 15.9 Å². The Morgan fingerprint density at radius 3 is 2.56 bits per heavy atom. The van der Waals surface area contributed by atoms with Gasteiger partial charge in [0.2, 0.25) is 5.92 Å². The lowest BCUT2D eigenvalue weighted by molar-refractivity contribution is 0.00378. The number of benzene rings is 1. The Kier molecular flexibility index (Phi) is 3.69. The second-order valence-corrected chi connectivity index (χ2v) is 5.50. The van der Waals surface area contributed by atoms with Crippen LogP contribution in [0.2, 0.25) is 0 Å². The van der Waals surface area contributed by atoms with E-state index < -0.39 is 35.9 Å². The number of halogens is 5. The fraction of sp³-hybridized carbons (Fsp3) is 0.500. The van der Waals surface area contributed by atoms with Gasteiger partial charge in [-0.15, -0.1) is 0 Å². The molecule has 0 bridgehead atoms. The van der Waals surface area contributed by atoms with Crippen molar-refractivity contribution in [3.63, 3.8) is 0 Å². The molecule has 1 nitrogen and oxygen atoms in total. The molecule has 1 aromatic rings. The molecule has 0 saturated heterocycles. The van der Waals surface area contributed by atoms with Crippen LogP contribution < -0.4 is 5.73 Å². The van der Waals surface area contributed by atoms with Crippen molar-refractivity contribution in [1.29, 1.82) is 0 Å². The molecule has 2 atom stereocenters. The first-order chi connectivity index (χ1) is 8.32. The summed E-state index contributed by atoms with van der Waals surface area (Å²) in [5, 5.41) is 0. The van der Waals surface area contributed by atoms with E-state index in [2.05, 4.69) is 15.9 Å². The summed E-state index contributed by atoms with van der Waals surface area (Å²) in [7, 11) is 0. The molecular weight excluding hydrogens is 314 g/mol. The quantitative estimate of drug-likeness (QED) is 0.641. The molecule has 0 heterocycles. The second-order valence-electron chi connectivity index (χ2n) is 4.64. The molecule has 0 aromatic heterocycles. The van der Waals surface area contributed by atoms with E-state index in [0.717, 1.165) is 6.07 Å². The molecule has 100 valence electrons. The molecule has 1 aliphatic rings. The maximum atomic E-state index is 13.8. The highest BCUT2D eigenvalue weighted by atomic mass is 79.9. The van der Waals surface area contributed by atoms with Gasteiger partial charge in [-0.1, -0.05) is 0 Å². The Hall–Kier alpha value is -0.620. The van der Waals surface area contributed by atoms with Crippen molar-refractivity contribution in [3.8, 4) is 0 Å². The SMILES string of the molecule is NC(c1c(F)ccc(Br)c1F)C1CCC(F)(F)C1. The summed E-state index contributed by atoms with van der Waals surface area (Å²) in [6.07, 6.45) is -0.512. The molecule has 0 radical (unpaired) electrons. The van der Waals surface area contributed by atoms with Gasteiger partial charge in [0, 0.05) is 24.4 Å². The minimum atomic E-state index is -2.78. The first-order valence-electron chi connectivity index (χ1n) is 5.58. The molecule has 1 fully saturated rings. The molecule has 2 rings (SSSR count). The van der Waals surface area contributed by atoms with Gasteiger partial charge < -0.3 is 5.73 Å². The van der Waals surface area contributed by atoms with Crippen LogP contribution in [0.15, 0.2) is 16.6 Å². The van der Waals surface area contributed by atoms with E-state index in [0.29, 0.717) is 0 Å². The summed E-state index contributed by atoms with van der Waals surface area (Å²) in [5.74, 6) is -4.98. The molecule has 1 aromatic carbocycles. The zero-order valence-corrected chi connectivity index (χ0v) is 11.0. The number of rotatable bonds is 2. The van der Waals surface area contributed by atoms with Crippen molar-refractivity contribution in [2.75, 3.05) is 0 Å². The van der Waals surface area contributed by atoms with Crippen molar-refractivity contribution in [2.24, 2.45) is 11.7 Å².